The molecule has 0 spiro atoms. The van der Waals surface area contributed by atoms with E-state index in [-0.39, 0.29) is 11.4 Å². The maximum atomic E-state index is 12.6. The number of hydrogen-bond acceptors (Lipinski definition) is 6. The van der Waals surface area contributed by atoms with Crippen LogP contribution in [0.15, 0.2) is 53.4 Å². The highest BCUT2D eigenvalue weighted by Crippen LogP contribution is 2.32. The fraction of sp³-hybridized carbons (Fsp3) is 0.261. The van der Waals surface area contributed by atoms with Gasteiger partial charge in [0.15, 0.2) is 0 Å². The second-order valence-corrected chi connectivity index (χ2v) is 8.31. The molecule has 1 aliphatic heterocycles. The SMILES string of the molecule is COc1ccc(NC(=O)CN2C(=O)S/C(=C\c3ccc(OCC(C)C)cc3)C2=O)cc1. The van der Waals surface area contributed by atoms with Crippen LogP contribution in [0.3, 0.4) is 0 Å². The third-order valence-corrected chi connectivity index (χ3v) is 5.22. The van der Waals surface area contributed by atoms with Crippen LogP contribution in [-0.4, -0.2) is 42.2 Å². The molecule has 162 valence electrons. The van der Waals surface area contributed by atoms with Crippen LogP contribution in [0.4, 0.5) is 10.5 Å². The number of rotatable bonds is 8. The van der Waals surface area contributed by atoms with E-state index in [1.54, 1.807) is 37.5 Å². The number of nitrogens with zero attached hydrogens (tertiary/aromatic N) is 1. The molecule has 1 heterocycles. The molecular weight excluding hydrogens is 416 g/mol. The van der Waals surface area contributed by atoms with Gasteiger partial charge < -0.3 is 14.8 Å². The van der Waals surface area contributed by atoms with Gasteiger partial charge in [-0.2, -0.15) is 0 Å². The molecule has 0 unspecified atom stereocenters. The van der Waals surface area contributed by atoms with Crippen molar-refractivity contribution in [3.63, 3.8) is 0 Å². The summed E-state index contributed by atoms with van der Waals surface area (Å²) < 4.78 is 10.7. The van der Waals surface area contributed by atoms with Crippen LogP contribution in [-0.2, 0) is 9.59 Å². The van der Waals surface area contributed by atoms with Crippen molar-refractivity contribution >= 4 is 40.6 Å². The van der Waals surface area contributed by atoms with Crippen LogP contribution in [0, 0.1) is 5.92 Å². The summed E-state index contributed by atoms with van der Waals surface area (Å²) in [6, 6.07) is 14.1. The lowest BCUT2D eigenvalue weighted by Crippen LogP contribution is -2.36. The third kappa shape index (κ3) is 6.11. The van der Waals surface area contributed by atoms with Crippen molar-refractivity contribution in [2.45, 2.75) is 13.8 Å². The Hall–Kier alpha value is -3.26. The number of hydrogen-bond donors (Lipinski definition) is 1. The second kappa shape index (κ2) is 10.2. The van der Waals surface area contributed by atoms with Gasteiger partial charge >= 0.3 is 0 Å². The number of thioether (sulfide) groups is 1. The fourth-order valence-electron chi connectivity index (χ4n) is 2.73. The molecule has 3 rings (SSSR count). The van der Waals surface area contributed by atoms with Gasteiger partial charge in [0, 0.05) is 5.69 Å². The summed E-state index contributed by atoms with van der Waals surface area (Å²) in [4.78, 5) is 38.4. The first-order valence-electron chi connectivity index (χ1n) is 9.78. The highest BCUT2D eigenvalue weighted by molar-refractivity contribution is 8.18. The first-order valence-corrected chi connectivity index (χ1v) is 10.6. The molecule has 2 aromatic rings. The summed E-state index contributed by atoms with van der Waals surface area (Å²) in [5, 5.41) is 2.19. The molecule has 31 heavy (non-hydrogen) atoms. The lowest BCUT2D eigenvalue weighted by molar-refractivity contribution is -0.127. The first-order chi connectivity index (χ1) is 14.9. The van der Waals surface area contributed by atoms with E-state index in [1.165, 1.54) is 0 Å². The highest BCUT2D eigenvalue weighted by Gasteiger charge is 2.36. The van der Waals surface area contributed by atoms with Crippen molar-refractivity contribution in [3.8, 4) is 11.5 Å². The van der Waals surface area contributed by atoms with E-state index in [0.29, 0.717) is 24.0 Å². The molecular formula is C23H24N2O5S. The molecule has 0 atom stereocenters. The maximum Gasteiger partial charge on any atom is 0.294 e. The monoisotopic (exact) mass is 440 g/mol. The van der Waals surface area contributed by atoms with E-state index < -0.39 is 17.1 Å². The Labute approximate surface area is 185 Å². The minimum Gasteiger partial charge on any atom is -0.497 e. The van der Waals surface area contributed by atoms with E-state index >= 15 is 0 Å². The second-order valence-electron chi connectivity index (χ2n) is 7.32. The molecule has 7 nitrogen and oxygen atoms in total. The van der Waals surface area contributed by atoms with Gasteiger partial charge in [0.1, 0.15) is 18.0 Å². The summed E-state index contributed by atoms with van der Waals surface area (Å²) in [7, 11) is 1.55. The van der Waals surface area contributed by atoms with Crippen LogP contribution in [0.25, 0.3) is 6.08 Å². The predicted octanol–water partition coefficient (Wildman–Crippen LogP) is 4.41. The first kappa shape index (κ1) is 22.4. The van der Waals surface area contributed by atoms with E-state index in [4.69, 9.17) is 9.47 Å². The average molecular weight is 441 g/mol. The number of carbonyl (C=O) groups excluding carboxylic acids is 3. The summed E-state index contributed by atoms with van der Waals surface area (Å²) in [6.07, 6.45) is 1.64. The maximum absolute atomic E-state index is 12.6. The number of carbonyl (C=O) groups is 3. The molecule has 0 aromatic heterocycles. The van der Waals surface area contributed by atoms with Gasteiger partial charge in [-0.15, -0.1) is 0 Å². The van der Waals surface area contributed by atoms with Gasteiger partial charge in [-0.05, 0) is 65.7 Å². The van der Waals surface area contributed by atoms with Gasteiger partial charge in [-0.1, -0.05) is 26.0 Å². The number of imide groups is 1. The van der Waals surface area contributed by atoms with Gasteiger partial charge in [0.2, 0.25) is 5.91 Å². The zero-order chi connectivity index (χ0) is 22.4. The molecule has 1 saturated heterocycles. The number of nitrogens with one attached hydrogen (secondary N) is 1. The number of amides is 3. The van der Waals surface area contributed by atoms with Crippen LogP contribution in [0.5, 0.6) is 11.5 Å². The Morgan fingerprint density at radius 3 is 2.32 bits per heavy atom. The Balaban J connectivity index is 1.61. The molecule has 1 N–H and O–H groups in total. The van der Waals surface area contributed by atoms with Crippen molar-refractivity contribution in [1.82, 2.24) is 4.90 Å². The minimum atomic E-state index is -0.486. The van der Waals surface area contributed by atoms with Crippen LogP contribution >= 0.6 is 11.8 Å². The Morgan fingerprint density at radius 1 is 1.06 bits per heavy atom. The summed E-state index contributed by atoms with van der Waals surface area (Å²) in [6.45, 7) is 4.41. The molecule has 1 fully saturated rings. The van der Waals surface area contributed by atoms with Gasteiger partial charge in [0.05, 0.1) is 18.6 Å². The van der Waals surface area contributed by atoms with Gasteiger partial charge in [-0.3, -0.25) is 19.3 Å². The van der Waals surface area contributed by atoms with Crippen LogP contribution < -0.4 is 14.8 Å². The molecule has 0 aliphatic carbocycles. The predicted molar refractivity (Wildman–Crippen MR) is 121 cm³/mol. The highest BCUT2D eigenvalue weighted by atomic mass is 32.2. The normalized spacial score (nSPS) is 15.0. The van der Waals surface area contributed by atoms with Crippen molar-refractivity contribution in [3.05, 3.63) is 59.0 Å². The average Bonchev–Trinajstić information content (AvgIpc) is 3.01. The standard InChI is InChI=1S/C23H24N2O5S/c1-15(2)14-30-19-8-4-16(5-9-19)12-20-22(27)25(23(28)31-20)13-21(26)24-17-6-10-18(29-3)11-7-17/h4-12,15H,13-14H2,1-3H3,(H,24,26)/b20-12-. The Bertz CT molecular complexity index is 984. The van der Waals surface area contributed by atoms with E-state index in [0.717, 1.165) is 28.0 Å². The summed E-state index contributed by atoms with van der Waals surface area (Å²) in [5.74, 6) is 0.886. The van der Waals surface area contributed by atoms with Crippen molar-refractivity contribution in [1.29, 1.82) is 0 Å². The van der Waals surface area contributed by atoms with Crippen molar-refractivity contribution < 1.29 is 23.9 Å². The molecule has 3 amide bonds. The third-order valence-electron chi connectivity index (χ3n) is 4.31. The molecule has 0 bridgehead atoms. The van der Waals surface area contributed by atoms with Crippen LogP contribution in [0.1, 0.15) is 19.4 Å². The van der Waals surface area contributed by atoms with Crippen molar-refractivity contribution in [2.24, 2.45) is 5.92 Å². The van der Waals surface area contributed by atoms with Crippen molar-refractivity contribution in [2.75, 3.05) is 25.6 Å². The van der Waals surface area contributed by atoms with Gasteiger partial charge in [-0.25, -0.2) is 0 Å². The van der Waals surface area contributed by atoms with E-state index in [2.05, 4.69) is 19.2 Å². The lowest BCUT2D eigenvalue weighted by Gasteiger charge is -2.12. The number of ether oxygens (including phenoxy) is 2. The quantitative estimate of drug-likeness (QED) is 0.612. The van der Waals surface area contributed by atoms with E-state index in [1.807, 2.05) is 24.3 Å². The zero-order valence-electron chi connectivity index (χ0n) is 17.6. The Kier molecular flexibility index (Phi) is 7.36. The minimum absolute atomic E-state index is 0.276. The molecule has 1 aliphatic rings. The number of methoxy groups -OCH3 is 1. The van der Waals surface area contributed by atoms with Gasteiger partial charge in [0.25, 0.3) is 11.1 Å². The number of anilines is 1. The molecule has 0 radical (unpaired) electrons. The topological polar surface area (TPSA) is 84.9 Å². The summed E-state index contributed by atoms with van der Waals surface area (Å²) >= 11 is 0.819. The van der Waals surface area contributed by atoms with Crippen LogP contribution in [0.2, 0.25) is 0 Å². The fourth-order valence-corrected chi connectivity index (χ4v) is 3.57. The summed E-state index contributed by atoms with van der Waals surface area (Å²) in [5.41, 5.74) is 1.32. The lowest BCUT2D eigenvalue weighted by atomic mass is 10.2. The molecule has 2 aromatic carbocycles. The molecule has 0 saturated carbocycles. The Morgan fingerprint density at radius 2 is 1.71 bits per heavy atom. The zero-order valence-corrected chi connectivity index (χ0v) is 18.4. The van der Waals surface area contributed by atoms with E-state index in [9.17, 15) is 14.4 Å². The number of benzene rings is 2. The smallest absolute Gasteiger partial charge is 0.294 e. The molecule has 8 heteroatoms. The largest absolute Gasteiger partial charge is 0.497 e.